The summed E-state index contributed by atoms with van der Waals surface area (Å²) < 4.78 is 25.3. The molecule has 0 saturated carbocycles. The Morgan fingerprint density at radius 2 is 1.83 bits per heavy atom. The second kappa shape index (κ2) is 10.0. The quantitative estimate of drug-likeness (QED) is 0.293. The first-order valence-electron chi connectivity index (χ1n) is 11.0. The highest BCUT2D eigenvalue weighted by molar-refractivity contribution is 6.35. The number of pyridine rings is 1. The molecule has 1 aliphatic rings. The van der Waals surface area contributed by atoms with Crippen LogP contribution >= 0.6 is 23.2 Å². The third kappa shape index (κ3) is 5.52. The van der Waals surface area contributed by atoms with Crippen molar-refractivity contribution < 1.29 is 8.78 Å². The Morgan fingerprint density at radius 1 is 1.14 bits per heavy atom. The van der Waals surface area contributed by atoms with E-state index in [0.29, 0.717) is 39.2 Å². The van der Waals surface area contributed by atoms with Gasteiger partial charge in [0.2, 0.25) is 6.43 Å². The molecule has 1 aliphatic heterocycles. The monoisotopic (exact) mass is 519 g/mol. The minimum atomic E-state index is -2.45. The molecule has 4 rings (SSSR count). The lowest BCUT2D eigenvalue weighted by Crippen LogP contribution is -2.68. The van der Waals surface area contributed by atoms with Crippen molar-refractivity contribution in [3.63, 3.8) is 0 Å². The van der Waals surface area contributed by atoms with Gasteiger partial charge in [0, 0.05) is 43.2 Å². The Labute approximate surface area is 212 Å². The molecule has 1 fully saturated rings. The van der Waals surface area contributed by atoms with Gasteiger partial charge in [0.05, 0.1) is 21.3 Å². The fraction of sp³-hybridized carbons (Fsp3) is 0.333. The lowest BCUT2D eigenvalue weighted by atomic mass is 9.87. The van der Waals surface area contributed by atoms with Crippen molar-refractivity contribution in [3.05, 3.63) is 75.2 Å². The van der Waals surface area contributed by atoms with Crippen LogP contribution in [0.3, 0.4) is 0 Å². The van der Waals surface area contributed by atoms with Crippen molar-refractivity contribution in [1.29, 1.82) is 5.41 Å². The Balaban J connectivity index is 1.48. The predicted octanol–water partition coefficient (Wildman–Crippen LogP) is 4.70. The maximum atomic E-state index is 12.7. The van der Waals surface area contributed by atoms with E-state index in [9.17, 15) is 8.78 Å². The van der Waals surface area contributed by atoms with E-state index in [1.807, 2.05) is 19.1 Å². The zero-order valence-electron chi connectivity index (χ0n) is 19.0. The molecular formula is C24H25Cl2F2N7. The average Bonchev–Trinajstić information content (AvgIpc) is 2.78. The van der Waals surface area contributed by atoms with Gasteiger partial charge in [0.1, 0.15) is 5.69 Å². The van der Waals surface area contributed by atoms with E-state index < -0.39 is 12.0 Å². The molecule has 1 atom stereocenters. The molecule has 3 aromatic rings. The van der Waals surface area contributed by atoms with Gasteiger partial charge < -0.3 is 16.4 Å². The lowest BCUT2D eigenvalue weighted by Gasteiger charge is -2.48. The van der Waals surface area contributed by atoms with E-state index in [1.165, 1.54) is 0 Å². The molecule has 7 nitrogen and oxygen atoms in total. The molecule has 1 aromatic carbocycles. The molecular weight excluding hydrogens is 495 g/mol. The number of nitrogens with two attached hydrogens (primary N) is 2. The summed E-state index contributed by atoms with van der Waals surface area (Å²) in [5, 5.41) is 18.0. The largest absolute Gasteiger partial charge is 0.398 e. The minimum absolute atomic E-state index is 0.0130. The SMILES string of the molecule is C[C@@H](Cc1ccc(N)c(C(=N)c2ccc(N3CC(N)(CC(F)F)C3)nn2)c1)c1c(Cl)cncc1Cl. The van der Waals surface area contributed by atoms with Crippen LogP contribution in [0.2, 0.25) is 10.0 Å². The van der Waals surface area contributed by atoms with E-state index >= 15 is 0 Å². The van der Waals surface area contributed by atoms with E-state index in [0.717, 1.165) is 11.1 Å². The van der Waals surface area contributed by atoms with Gasteiger partial charge in [-0.15, -0.1) is 10.2 Å². The van der Waals surface area contributed by atoms with Crippen molar-refractivity contribution in [2.24, 2.45) is 5.73 Å². The van der Waals surface area contributed by atoms with E-state index in [4.69, 9.17) is 40.1 Å². The fourth-order valence-corrected chi connectivity index (χ4v) is 5.11. The minimum Gasteiger partial charge on any atom is -0.398 e. The molecule has 0 unspecified atom stereocenters. The highest BCUT2D eigenvalue weighted by atomic mass is 35.5. The third-order valence-electron chi connectivity index (χ3n) is 6.12. The molecule has 3 heterocycles. The van der Waals surface area contributed by atoms with E-state index in [-0.39, 0.29) is 31.1 Å². The van der Waals surface area contributed by atoms with Crippen LogP contribution in [0.15, 0.2) is 42.7 Å². The van der Waals surface area contributed by atoms with Gasteiger partial charge in [-0.3, -0.25) is 10.4 Å². The molecule has 35 heavy (non-hydrogen) atoms. The number of hydrogen-bond donors (Lipinski definition) is 3. The summed E-state index contributed by atoms with van der Waals surface area (Å²) in [5.74, 6) is 0.539. The van der Waals surface area contributed by atoms with E-state index in [2.05, 4.69) is 15.2 Å². The highest BCUT2D eigenvalue weighted by Gasteiger charge is 2.42. The maximum Gasteiger partial charge on any atom is 0.240 e. The zero-order chi connectivity index (χ0) is 25.3. The van der Waals surface area contributed by atoms with Crippen molar-refractivity contribution >= 4 is 40.4 Å². The lowest BCUT2D eigenvalue weighted by molar-refractivity contribution is 0.0938. The fourth-order valence-electron chi connectivity index (χ4n) is 4.37. The summed E-state index contributed by atoms with van der Waals surface area (Å²) in [5.41, 5.74) is 14.5. The standard InChI is InChI=1S/C24H25Cl2F2N7/c1-13(22-16(25)9-32-10-17(22)26)6-14-2-3-18(29)15(7-14)23(30)19-4-5-21(34-33-19)35-11-24(31,12-35)8-20(27)28/h2-5,7,9-10,13,20,30H,6,8,11-12,29,31H2,1H3/t13-/m0/s1. The highest BCUT2D eigenvalue weighted by Crippen LogP contribution is 2.33. The van der Waals surface area contributed by atoms with Crippen LogP contribution < -0.4 is 16.4 Å². The van der Waals surface area contributed by atoms with Crippen LogP contribution in [0.25, 0.3) is 0 Å². The number of nitrogens with one attached hydrogen (secondary N) is 1. The molecule has 5 N–H and O–H groups in total. The van der Waals surface area contributed by atoms with Crippen LogP contribution in [-0.2, 0) is 6.42 Å². The third-order valence-corrected chi connectivity index (χ3v) is 6.72. The van der Waals surface area contributed by atoms with Crippen molar-refractivity contribution in [1.82, 2.24) is 15.2 Å². The number of alkyl halides is 2. The topological polar surface area (TPSA) is 118 Å². The Hall–Kier alpha value is -2.88. The maximum absolute atomic E-state index is 12.7. The van der Waals surface area contributed by atoms with Crippen LogP contribution in [0, 0.1) is 5.41 Å². The van der Waals surface area contributed by atoms with Gasteiger partial charge in [-0.2, -0.15) is 0 Å². The molecule has 184 valence electrons. The number of rotatable bonds is 8. The number of hydrogen-bond acceptors (Lipinski definition) is 7. The van der Waals surface area contributed by atoms with Crippen molar-refractivity contribution in [2.75, 3.05) is 23.7 Å². The molecule has 0 radical (unpaired) electrons. The number of benzene rings is 1. The molecule has 0 amide bonds. The molecule has 0 aliphatic carbocycles. The summed E-state index contributed by atoms with van der Waals surface area (Å²) in [6, 6.07) is 8.89. The first-order chi connectivity index (χ1) is 16.6. The molecule has 11 heteroatoms. The Kier molecular flexibility index (Phi) is 7.21. The van der Waals surface area contributed by atoms with Crippen molar-refractivity contribution in [2.45, 2.75) is 37.6 Å². The van der Waals surface area contributed by atoms with Crippen LogP contribution in [0.1, 0.15) is 41.6 Å². The van der Waals surface area contributed by atoms with Crippen LogP contribution in [0.4, 0.5) is 20.3 Å². The number of halogens is 4. The summed E-state index contributed by atoms with van der Waals surface area (Å²) in [6.45, 7) is 2.58. The Morgan fingerprint density at radius 3 is 2.43 bits per heavy atom. The summed E-state index contributed by atoms with van der Waals surface area (Å²) in [7, 11) is 0. The number of nitrogens with zero attached hydrogens (tertiary/aromatic N) is 4. The van der Waals surface area contributed by atoms with Gasteiger partial charge in [-0.25, -0.2) is 8.78 Å². The number of aromatic nitrogens is 3. The smallest absolute Gasteiger partial charge is 0.240 e. The van der Waals surface area contributed by atoms with E-state index in [1.54, 1.807) is 35.5 Å². The van der Waals surface area contributed by atoms with Crippen molar-refractivity contribution in [3.8, 4) is 0 Å². The second-order valence-corrected chi connectivity index (χ2v) is 9.82. The first kappa shape index (κ1) is 25.2. The van der Waals surface area contributed by atoms with Gasteiger partial charge in [0.15, 0.2) is 5.82 Å². The van der Waals surface area contributed by atoms with Gasteiger partial charge in [0.25, 0.3) is 0 Å². The molecule has 2 aromatic heterocycles. The Bertz CT molecular complexity index is 1210. The molecule has 0 spiro atoms. The number of anilines is 2. The van der Waals surface area contributed by atoms with Crippen LogP contribution in [0.5, 0.6) is 0 Å². The van der Waals surface area contributed by atoms with Crippen LogP contribution in [-0.4, -0.2) is 45.9 Å². The first-order valence-corrected chi connectivity index (χ1v) is 11.7. The molecule has 1 saturated heterocycles. The van der Waals surface area contributed by atoms with Gasteiger partial charge in [-0.05, 0) is 47.7 Å². The van der Waals surface area contributed by atoms with Gasteiger partial charge >= 0.3 is 0 Å². The van der Waals surface area contributed by atoms with Gasteiger partial charge in [-0.1, -0.05) is 36.2 Å². The number of nitrogen functional groups attached to an aromatic ring is 1. The normalized spacial score (nSPS) is 15.7. The average molecular weight is 520 g/mol. The zero-order valence-corrected chi connectivity index (χ0v) is 20.5. The summed E-state index contributed by atoms with van der Waals surface area (Å²) >= 11 is 12.6. The summed E-state index contributed by atoms with van der Waals surface area (Å²) in [6.07, 6.45) is 0.964. The summed E-state index contributed by atoms with van der Waals surface area (Å²) in [4.78, 5) is 5.79. The molecule has 0 bridgehead atoms. The second-order valence-electron chi connectivity index (χ2n) is 9.01. The predicted molar refractivity (Wildman–Crippen MR) is 135 cm³/mol.